The molecule has 0 unspecified atom stereocenters. The van der Waals surface area contributed by atoms with Crippen LogP contribution in [-0.4, -0.2) is 42.6 Å². The smallest absolute Gasteiger partial charge is 0.240 e. The predicted octanol–water partition coefficient (Wildman–Crippen LogP) is -0.0430. The van der Waals surface area contributed by atoms with Crippen molar-refractivity contribution in [1.82, 2.24) is 9.46 Å². The Morgan fingerprint density at radius 1 is 1.65 bits per heavy atom. The number of nitrogens with one attached hydrogen (secondary N) is 1. The van der Waals surface area contributed by atoms with E-state index in [4.69, 9.17) is 4.52 Å². The molecule has 94 valence electrons. The van der Waals surface area contributed by atoms with Gasteiger partial charge in [0, 0.05) is 12.6 Å². The van der Waals surface area contributed by atoms with Gasteiger partial charge >= 0.3 is 0 Å². The van der Waals surface area contributed by atoms with Crippen LogP contribution >= 0.6 is 0 Å². The number of hydrogen-bond donors (Lipinski definition) is 1. The van der Waals surface area contributed by atoms with Crippen molar-refractivity contribution < 1.29 is 17.7 Å². The summed E-state index contributed by atoms with van der Waals surface area (Å²) in [4.78, 5) is 11.6. The Labute approximate surface area is 98.8 Å². The number of anilines is 1. The molecule has 0 atom stereocenters. The summed E-state index contributed by atoms with van der Waals surface area (Å²) in [7, 11) is -3.24. The second kappa shape index (κ2) is 4.46. The lowest BCUT2D eigenvalue weighted by atomic mass is 10.4. The Bertz CT molecular complexity index is 522. The van der Waals surface area contributed by atoms with Gasteiger partial charge in [0.1, 0.15) is 5.76 Å². The van der Waals surface area contributed by atoms with Gasteiger partial charge in [0.05, 0.1) is 12.3 Å². The molecule has 0 aliphatic carbocycles. The molecule has 7 nitrogen and oxygen atoms in total. The quantitative estimate of drug-likeness (QED) is 0.822. The molecule has 17 heavy (non-hydrogen) atoms. The average molecular weight is 259 g/mol. The molecule has 8 heteroatoms. The maximum Gasteiger partial charge on any atom is 0.240 e. The molecule has 1 N–H and O–H groups in total. The number of carbonyl (C=O) groups is 1. The van der Waals surface area contributed by atoms with Gasteiger partial charge in [0.2, 0.25) is 15.9 Å². The van der Waals surface area contributed by atoms with Crippen LogP contribution in [0.5, 0.6) is 0 Å². The van der Waals surface area contributed by atoms with Crippen molar-refractivity contribution in [3.05, 3.63) is 11.8 Å². The fourth-order valence-corrected chi connectivity index (χ4v) is 3.11. The third-order valence-electron chi connectivity index (χ3n) is 2.42. The molecule has 1 aliphatic heterocycles. The van der Waals surface area contributed by atoms with E-state index in [2.05, 4.69) is 10.5 Å². The highest BCUT2D eigenvalue weighted by molar-refractivity contribution is 7.89. The van der Waals surface area contributed by atoms with Gasteiger partial charge < -0.3 is 9.84 Å². The Kier molecular flexibility index (Phi) is 3.16. The highest BCUT2D eigenvalue weighted by atomic mass is 32.2. The number of aromatic nitrogens is 1. The zero-order valence-corrected chi connectivity index (χ0v) is 10.2. The Morgan fingerprint density at radius 3 is 2.94 bits per heavy atom. The Balaban J connectivity index is 1.94. The topological polar surface area (TPSA) is 92.5 Å². The maximum absolute atomic E-state index is 11.6. The zero-order valence-electron chi connectivity index (χ0n) is 9.34. The number of rotatable bonds is 3. The highest BCUT2D eigenvalue weighted by Crippen LogP contribution is 2.13. The molecular formula is C9H13N3O4S. The first kappa shape index (κ1) is 12.1. The highest BCUT2D eigenvalue weighted by Gasteiger charge is 2.29. The van der Waals surface area contributed by atoms with Gasteiger partial charge in [-0.2, -0.15) is 4.31 Å². The van der Waals surface area contributed by atoms with E-state index in [0.717, 1.165) is 0 Å². The number of nitrogens with zero attached hydrogens (tertiary/aromatic N) is 2. The van der Waals surface area contributed by atoms with E-state index in [1.807, 2.05) is 0 Å². The van der Waals surface area contributed by atoms with Crippen LogP contribution < -0.4 is 5.32 Å². The number of aryl methyl sites for hydroxylation is 1. The van der Waals surface area contributed by atoms with Gasteiger partial charge in [-0.25, -0.2) is 8.42 Å². The van der Waals surface area contributed by atoms with Crippen LogP contribution in [0.1, 0.15) is 12.2 Å². The zero-order chi connectivity index (χ0) is 12.5. The van der Waals surface area contributed by atoms with Crippen LogP contribution in [-0.2, 0) is 14.8 Å². The first-order valence-corrected chi connectivity index (χ1v) is 6.79. The molecule has 1 amide bonds. The second-order valence-electron chi connectivity index (χ2n) is 3.87. The fourth-order valence-electron chi connectivity index (χ4n) is 1.64. The van der Waals surface area contributed by atoms with E-state index in [-0.39, 0.29) is 12.3 Å². The molecule has 2 rings (SSSR count). The summed E-state index contributed by atoms with van der Waals surface area (Å²) in [6.07, 6.45) is 0.568. The lowest BCUT2D eigenvalue weighted by Gasteiger charge is -2.12. The average Bonchev–Trinajstić information content (AvgIpc) is 2.74. The van der Waals surface area contributed by atoms with Gasteiger partial charge in [0.15, 0.2) is 5.82 Å². The summed E-state index contributed by atoms with van der Waals surface area (Å²) in [5, 5.41) is 6.07. The molecule has 1 fully saturated rings. The minimum absolute atomic E-state index is 0.114. The van der Waals surface area contributed by atoms with Crippen LogP contribution in [0.2, 0.25) is 0 Å². The van der Waals surface area contributed by atoms with Gasteiger partial charge in [-0.3, -0.25) is 4.79 Å². The fraction of sp³-hybridized carbons (Fsp3) is 0.556. The monoisotopic (exact) mass is 259 g/mol. The lowest BCUT2D eigenvalue weighted by Crippen LogP contribution is -2.34. The third-order valence-corrected chi connectivity index (χ3v) is 4.32. The molecule has 1 aromatic rings. The van der Waals surface area contributed by atoms with E-state index in [9.17, 15) is 13.2 Å². The second-order valence-corrected chi connectivity index (χ2v) is 5.96. The van der Waals surface area contributed by atoms with Crippen molar-refractivity contribution in [2.75, 3.05) is 24.2 Å². The van der Waals surface area contributed by atoms with Crippen molar-refractivity contribution >= 4 is 21.7 Å². The molecule has 0 aromatic carbocycles. The van der Waals surface area contributed by atoms with Gasteiger partial charge in [-0.15, -0.1) is 0 Å². The van der Waals surface area contributed by atoms with E-state index < -0.39 is 15.9 Å². The molecular weight excluding hydrogens is 246 g/mol. The van der Waals surface area contributed by atoms with Crippen LogP contribution in [0.3, 0.4) is 0 Å². The Hall–Kier alpha value is -1.41. The van der Waals surface area contributed by atoms with Crippen molar-refractivity contribution in [2.24, 2.45) is 0 Å². The van der Waals surface area contributed by atoms with Crippen molar-refractivity contribution in [3.63, 3.8) is 0 Å². The summed E-state index contributed by atoms with van der Waals surface area (Å²) in [6, 6.07) is 1.57. The molecule has 0 bridgehead atoms. The van der Waals surface area contributed by atoms with Crippen LogP contribution in [0.15, 0.2) is 10.6 Å². The first-order chi connectivity index (χ1) is 7.97. The summed E-state index contributed by atoms with van der Waals surface area (Å²) >= 11 is 0. The minimum atomic E-state index is -3.24. The number of hydrogen-bond acceptors (Lipinski definition) is 5. The minimum Gasteiger partial charge on any atom is -0.360 e. The van der Waals surface area contributed by atoms with E-state index >= 15 is 0 Å². The summed E-state index contributed by atoms with van der Waals surface area (Å²) in [5.41, 5.74) is 0. The summed E-state index contributed by atoms with van der Waals surface area (Å²) < 4.78 is 28.9. The third kappa shape index (κ3) is 2.83. The molecule has 1 saturated heterocycles. The molecule has 1 aliphatic rings. The van der Waals surface area contributed by atoms with E-state index in [1.54, 1.807) is 13.0 Å². The maximum atomic E-state index is 11.6. The molecule has 0 radical (unpaired) electrons. The lowest BCUT2D eigenvalue weighted by molar-refractivity contribution is -0.116. The van der Waals surface area contributed by atoms with Crippen molar-refractivity contribution in [2.45, 2.75) is 13.3 Å². The first-order valence-electron chi connectivity index (χ1n) is 5.18. The summed E-state index contributed by atoms with van der Waals surface area (Å²) in [5.74, 6) is 0.575. The normalized spacial score (nSPS) is 19.4. The van der Waals surface area contributed by atoms with Crippen LogP contribution in [0.4, 0.5) is 5.82 Å². The van der Waals surface area contributed by atoms with Crippen molar-refractivity contribution in [1.29, 1.82) is 0 Å². The predicted molar refractivity (Wildman–Crippen MR) is 59.8 cm³/mol. The molecule has 0 spiro atoms. The standard InChI is InChI=1S/C9H13N3O4S/c1-7-5-8(11-16-7)10-9(13)6-12-3-2-4-17(12,14)15/h5H,2-4,6H2,1H3,(H,10,11,13). The number of amides is 1. The Morgan fingerprint density at radius 2 is 2.41 bits per heavy atom. The number of sulfonamides is 1. The van der Waals surface area contributed by atoms with Crippen molar-refractivity contribution in [3.8, 4) is 0 Å². The molecule has 0 saturated carbocycles. The van der Waals surface area contributed by atoms with Gasteiger partial charge in [0.25, 0.3) is 0 Å². The molecule has 2 heterocycles. The van der Waals surface area contributed by atoms with E-state index in [1.165, 1.54) is 4.31 Å². The SMILES string of the molecule is Cc1cc(NC(=O)CN2CCCS2(=O)=O)no1. The van der Waals surface area contributed by atoms with Gasteiger partial charge in [-0.05, 0) is 13.3 Å². The number of carbonyl (C=O) groups excluding carboxylic acids is 1. The molecule has 1 aromatic heterocycles. The van der Waals surface area contributed by atoms with E-state index in [0.29, 0.717) is 24.5 Å². The summed E-state index contributed by atoms with van der Waals surface area (Å²) in [6.45, 7) is 1.93. The largest absolute Gasteiger partial charge is 0.360 e. The van der Waals surface area contributed by atoms with Crippen LogP contribution in [0.25, 0.3) is 0 Å². The van der Waals surface area contributed by atoms with Gasteiger partial charge in [-0.1, -0.05) is 5.16 Å². The van der Waals surface area contributed by atoms with Crippen LogP contribution in [0, 0.1) is 6.92 Å².